The van der Waals surface area contributed by atoms with Crippen LogP contribution in [0.25, 0.3) is 11.0 Å². The van der Waals surface area contributed by atoms with E-state index in [0.29, 0.717) is 23.0 Å². The molecule has 3 aromatic rings. The number of nitrogens with one attached hydrogen (secondary N) is 1. The van der Waals surface area contributed by atoms with Gasteiger partial charge in [0.15, 0.2) is 6.61 Å². The zero-order chi connectivity index (χ0) is 22.7. The maximum atomic E-state index is 12.3. The van der Waals surface area contributed by atoms with Crippen molar-refractivity contribution in [2.24, 2.45) is 7.05 Å². The Balaban J connectivity index is 0.00000204. The molecule has 1 fully saturated rings. The predicted octanol–water partition coefficient (Wildman–Crippen LogP) is 3.75. The van der Waals surface area contributed by atoms with E-state index in [-0.39, 0.29) is 43.2 Å². The summed E-state index contributed by atoms with van der Waals surface area (Å²) in [6.45, 7) is 5.38. The summed E-state index contributed by atoms with van der Waals surface area (Å²) in [4.78, 5) is 32.7. The van der Waals surface area contributed by atoms with Crippen LogP contribution in [0.4, 0.5) is 5.69 Å². The Labute approximate surface area is 216 Å². The second kappa shape index (κ2) is 12.3. The van der Waals surface area contributed by atoms with Crippen LogP contribution in [-0.4, -0.2) is 64.0 Å². The van der Waals surface area contributed by atoms with Crippen LogP contribution < -0.4 is 10.1 Å². The van der Waals surface area contributed by atoms with E-state index in [0.717, 1.165) is 43.0 Å². The molecule has 1 aliphatic heterocycles. The molecule has 1 aromatic heterocycles. The summed E-state index contributed by atoms with van der Waals surface area (Å²) in [6.07, 6.45) is 0. The van der Waals surface area contributed by atoms with Crippen molar-refractivity contribution in [2.75, 3.05) is 38.1 Å². The summed E-state index contributed by atoms with van der Waals surface area (Å²) < 4.78 is 7.56. The number of hydrogen-bond acceptors (Lipinski definition) is 5. The van der Waals surface area contributed by atoms with Crippen LogP contribution in [0.5, 0.6) is 5.75 Å². The van der Waals surface area contributed by atoms with Crippen molar-refractivity contribution < 1.29 is 14.3 Å². The summed E-state index contributed by atoms with van der Waals surface area (Å²) in [7, 11) is 1.99. The van der Waals surface area contributed by atoms with Gasteiger partial charge in [0.25, 0.3) is 5.91 Å². The molecule has 0 saturated carbocycles. The van der Waals surface area contributed by atoms with Gasteiger partial charge in [0.2, 0.25) is 5.91 Å². The standard InChI is InChI=1S/C23H26ClN5O3.2ClH/c1-16(30)29-11-9-28(10-12-29)14-22-26-20-13-18(5-8-21(20)27(22)2)25-23(31)15-32-19-6-3-17(24)4-7-19;;/h3-8,13H,9-12,14-15H2,1-2H3,(H,25,31);2*1H. The van der Waals surface area contributed by atoms with Gasteiger partial charge in [-0.1, -0.05) is 11.6 Å². The molecule has 8 nitrogen and oxygen atoms in total. The van der Waals surface area contributed by atoms with Gasteiger partial charge in [-0.15, -0.1) is 24.8 Å². The van der Waals surface area contributed by atoms with E-state index in [9.17, 15) is 9.59 Å². The summed E-state index contributed by atoms with van der Waals surface area (Å²) in [5, 5.41) is 3.47. The van der Waals surface area contributed by atoms with Gasteiger partial charge >= 0.3 is 0 Å². The van der Waals surface area contributed by atoms with E-state index < -0.39 is 0 Å². The van der Waals surface area contributed by atoms with Crippen LogP contribution in [0.1, 0.15) is 12.7 Å². The topological polar surface area (TPSA) is 79.7 Å². The van der Waals surface area contributed by atoms with Gasteiger partial charge in [-0.3, -0.25) is 14.5 Å². The van der Waals surface area contributed by atoms with E-state index in [1.165, 1.54) is 0 Å². The summed E-state index contributed by atoms with van der Waals surface area (Å²) in [5.74, 6) is 1.41. The minimum atomic E-state index is -0.251. The number of carbonyl (C=O) groups excluding carboxylic acids is 2. The number of ether oxygens (including phenoxy) is 1. The Morgan fingerprint density at radius 3 is 2.38 bits per heavy atom. The first-order valence-corrected chi connectivity index (χ1v) is 10.9. The van der Waals surface area contributed by atoms with E-state index in [1.54, 1.807) is 31.2 Å². The highest BCUT2D eigenvalue weighted by molar-refractivity contribution is 6.30. The summed E-state index contributed by atoms with van der Waals surface area (Å²) >= 11 is 5.85. The molecule has 0 unspecified atom stereocenters. The molecule has 34 heavy (non-hydrogen) atoms. The zero-order valence-corrected chi connectivity index (χ0v) is 21.4. The average molecular weight is 529 g/mol. The Morgan fingerprint density at radius 2 is 1.74 bits per heavy atom. The molecule has 11 heteroatoms. The van der Waals surface area contributed by atoms with Gasteiger partial charge < -0.3 is 19.5 Å². The van der Waals surface area contributed by atoms with Crippen molar-refractivity contribution in [3.63, 3.8) is 0 Å². The number of aromatic nitrogens is 2. The molecule has 2 amide bonds. The summed E-state index contributed by atoms with van der Waals surface area (Å²) in [6, 6.07) is 12.5. The number of fused-ring (bicyclic) bond motifs is 1. The lowest BCUT2D eigenvalue weighted by Crippen LogP contribution is -2.47. The second-order valence-corrected chi connectivity index (χ2v) is 8.30. The number of piperazine rings is 1. The molecule has 1 saturated heterocycles. The quantitative estimate of drug-likeness (QED) is 0.527. The molecule has 0 spiro atoms. The molecule has 0 atom stereocenters. The largest absolute Gasteiger partial charge is 0.484 e. The SMILES string of the molecule is CC(=O)N1CCN(Cc2nc3cc(NC(=O)COc4ccc(Cl)cc4)ccc3n2C)CC1.Cl.Cl. The number of carbonyl (C=O) groups is 2. The highest BCUT2D eigenvalue weighted by Gasteiger charge is 2.20. The highest BCUT2D eigenvalue weighted by Crippen LogP contribution is 2.21. The van der Waals surface area contributed by atoms with Crippen LogP contribution in [0.15, 0.2) is 42.5 Å². The van der Waals surface area contributed by atoms with E-state index in [4.69, 9.17) is 21.3 Å². The normalized spacial score (nSPS) is 13.7. The molecule has 0 radical (unpaired) electrons. The van der Waals surface area contributed by atoms with Crippen LogP contribution >= 0.6 is 36.4 Å². The molecular weight excluding hydrogens is 501 g/mol. The van der Waals surface area contributed by atoms with Crippen LogP contribution in [0.2, 0.25) is 5.02 Å². The van der Waals surface area contributed by atoms with Gasteiger partial charge in [-0.2, -0.15) is 0 Å². The number of benzene rings is 2. The van der Waals surface area contributed by atoms with E-state index >= 15 is 0 Å². The molecule has 0 aliphatic carbocycles. The molecule has 2 aromatic carbocycles. The number of amides is 2. The average Bonchev–Trinajstić information content (AvgIpc) is 3.08. The van der Waals surface area contributed by atoms with Gasteiger partial charge in [0.1, 0.15) is 11.6 Å². The Kier molecular flexibility index (Phi) is 10.00. The van der Waals surface area contributed by atoms with Crippen molar-refractivity contribution in [3.8, 4) is 5.75 Å². The number of rotatable bonds is 6. The van der Waals surface area contributed by atoms with Crippen molar-refractivity contribution in [2.45, 2.75) is 13.5 Å². The van der Waals surface area contributed by atoms with Crippen LogP contribution in [0, 0.1) is 0 Å². The lowest BCUT2D eigenvalue weighted by molar-refractivity contribution is -0.130. The predicted molar refractivity (Wildman–Crippen MR) is 138 cm³/mol. The van der Waals surface area contributed by atoms with Gasteiger partial charge in [-0.05, 0) is 42.5 Å². The number of halogens is 3. The summed E-state index contributed by atoms with van der Waals surface area (Å²) in [5.41, 5.74) is 2.49. The minimum Gasteiger partial charge on any atom is -0.484 e. The maximum absolute atomic E-state index is 12.3. The van der Waals surface area contributed by atoms with Crippen LogP contribution in [0.3, 0.4) is 0 Å². The molecule has 2 heterocycles. The number of anilines is 1. The maximum Gasteiger partial charge on any atom is 0.262 e. The van der Waals surface area contributed by atoms with Crippen molar-refractivity contribution in [1.82, 2.24) is 19.4 Å². The lowest BCUT2D eigenvalue weighted by Gasteiger charge is -2.33. The number of imidazole rings is 1. The van der Waals surface area contributed by atoms with Crippen molar-refractivity contribution in [1.29, 1.82) is 0 Å². The monoisotopic (exact) mass is 527 g/mol. The molecule has 1 aliphatic rings. The zero-order valence-electron chi connectivity index (χ0n) is 19.0. The Morgan fingerprint density at radius 1 is 1.06 bits per heavy atom. The lowest BCUT2D eigenvalue weighted by atomic mass is 10.2. The third-order valence-corrected chi connectivity index (χ3v) is 5.88. The minimum absolute atomic E-state index is 0. The third-order valence-electron chi connectivity index (χ3n) is 5.62. The van der Waals surface area contributed by atoms with E-state index in [2.05, 4.69) is 14.8 Å². The molecule has 0 bridgehead atoms. The first kappa shape index (κ1) is 27.7. The smallest absolute Gasteiger partial charge is 0.262 e. The Bertz CT molecular complexity index is 1130. The fourth-order valence-electron chi connectivity index (χ4n) is 3.77. The van der Waals surface area contributed by atoms with Gasteiger partial charge in [0, 0.05) is 50.9 Å². The van der Waals surface area contributed by atoms with E-state index in [1.807, 2.05) is 30.1 Å². The fraction of sp³-hybridized carbons (Fsp3) is 0.348. The van der Waals surface area contributed by atoms with Gasteiger partial charge in [-0.25, -0.2) is 4.98 Å². The molecular formula is C23H28Cl3N5O3. The first-order valence-electron chi connectivity index (χ1n) is 10.5. The van der Waals surface area contributed by atoms with Crippen LogP contribution in [-0.2, 0) is 23.2 Å². The fourth-order valence-corrected chi connectivity index (χ4v) is 3.89. The third kappa shape index (κ3) is 6.76. The number of hydrogen-bond donors (Lipinski definition) is 1. The Hall–Kier alpha value is -2.52. The molecule has 184 valence electrons. The van der Waals surface area contributed by atoms with Crippen molar-refractivity contribution in [3.05, 3.63) is 53.3 Å². The number of nitrogens with zero attached hydrogens (tertiary/aromatic N) is 4. The number of aryl methyl sites for hydroxylation is 1. The molecule has 4 rings (SSSR count). The van der Waals surface area contributed by atoms with Gasteiger partial charge in [0.05, 0.1) is 17.6 Å². The van der Waals surface area contributed by atoms with Crippen molar-refractivity contribution >= 4 is 65.0 Å². The highest BCUT2D eigenvalue weighted by atomic mass is 35.5. The first-order chi connectivity index (χ1) is 15.4. The second-order valence-electron chi connectivity index (χ2n) is 7.86. The molecule has 1 N–H and O–H groups in total.